The zero-order chi connectivity index (χ0) is 17.7. The topological polar surface area (TPSA) is 84.5 Å². The minimum absolute atomic E-state index is 0.167. The van der Waals surface area contributed by atoms with Crippen LogP contribution in [-0.4, -0.2) is 20.9 Å². The smallest absolute Gasteiger partial charge is 0.272 e. The van der Waals surface area contributed by atoms with Crippen LogP contribution in [0, 0.1) is 19.7 Å². The van der Waals surface area contributed by atoms with Gasteiger partial charge in [0, 0.05) is 0 Å². The van der Waals surface area contributed by atoms with Crippen molar-refractivity contribution >= 4 is 15.9 Å². The molecule has 0 heterocycles. The van der Waals surface area contributed by atoms with Gasteiger partial charge in [0.15, 0.2) is 6.61 Å². The second-order valence-corrected chi connectivity index (χ2v) is 6.90. The van der Waals surface area contributed by atoms with Gasteiger partial charge in [-0.25, -0.2) is 12.8 Å². The van der Waals surface area contributed by atoms with Crippen LogP contribution in [0.15, 0.2) is 47.4 Å². The molecular weight excluding hydrogens is 335 g/mol. The second kappa shape index (κ2) is 7.41. The average molecular weight is 352 g/mol. The Bertz CT molecular complexity index is 815. The predicted octanol–water partition coefficient (Wildman–Crippen LogP) is 1.83. The van der Waals surface area contributed by atoms with Crippen LogP contribution in [0.4, 0.5) is 4.39 Å². The van der Waals surface area contributed by atoms with Gasteiger partial charge in [0.25, 0.3) is 15.9 Å². The van der Waals surface area contributed by atoms with E-state index in [1.807, 2.05) is 30.2 Å². The lowest BCUT2D eigenvalue weighted by Gasteiger charge is -2.10. The molecule has 0 unspecified atom stereocenters. The van der Waals surface area contributed by atoms with Crippen LogP contribution in [-0.2, 0) is 14.8 Å². The molecule has 0 fully saturated rings. The molecule has 2 rings (SSSR count). The lowest BCUT2D eigenvalue weighted by Crippen LogP contribution is -2.43. The number of halogens is 1. The quantitative estimate of drug-likeness (QED) is 0.777. The van der Waals surface area contributed by atoms with Gasteiger partial charge in [-0.05, 0) is 61.4 Å². The third kappa shape index (κ3) is 5.04. The minimum Gasteiger partial charge on any atom is -0.484 e. The Morgan fingerprint density at radius 1 is 1.08 bits per heavy atom. The van der Waals surface area contributed by atoms with Gasteiger partial charge >= 0.3 is 0 Å². The first-order valence-corrected chi connectivity index (χ1v) is 8.52. The van der Waals surface area contributed by atoms with Gasteiger partial charge in [-0.2, -0.15) is 0 Å². The summed E-state index contributed by atoms with van der Waals surface area (Å²) in [5, 5.41) is 0. The highest BCUT2D eigenvalue weighted by atomic mass is 32.2. The van der Waals surface area contributed by atoms with Crippen LogP contribution in [0.2, 0.25) is 0 Å². The van der Waals surface area contributed by atoms with Gasteiger partial charge in [0.2, 0.25) is 0 Å². The lowest BCUT2D eigenvalue weighted by molar-refractivity contribution is -0.123. The Morgan fingerprint density at radius 2 is 1.67 bits per heavy atom. The molecule has 2 aromatic rings. The molecule has 1 amide bonds. The van der Waals surface area contributed by atoms with E-state index in [0.717, 1.165) is 35.4 Å². The molecule has 0 radical (unpaired) electrons. The number of carbonyl (C=O) groups is 1. The first-order valence-electron chi connectivity index (χ1n) is 7.03. The van der Waals surface area contributed by atoms with E-state index < -0.39 is 21.7 Å². The molecule has 0 aliphatic carbocycles. The summed E-state index contributed by atoms with van der Waals surface area (Å²) in [5.74, 6) is -0.705. The van der Waals surface area contributed by atoms with Crippen LogP contribution < -0.4 is 15.0 Å². The number of aryl methyl sites for hydroxylation is 2. The van der Waals surface area contributed by atoms with E-state index in [9.17, 15) is 17.6 Å². The molecule has 0 atom stereocenters. The average Bonchev–Trinajstić information content (AvgIpc) is 2.50. The Kier molecular flexibility index (Phi) is 5.53. The van der Waals surface area contributed by atoms with E-state index >= 15 is 0 Å². The molecular formula is C16H17FN2O4S. The number of sulfonamides is 1. The molecule has 0 aromatic heterocycles. The highest BCUT2D eigenvalue weighted by Crippen LogP contribution is 2.16. The third-order valence-electron chi connectivity index (χ3n) is 3.01. The number of rotatable bonds is 6. The number of carbonyl (C=O) groups excluding carboxylic acids is 1. The summed E-state index contributed by atoms with van der Waals surface area (Å²) >= 11 is 0. The predicted molar refractivity (Wildman–Crippen MR) is 86.3 cm³/mol. The van der Waals surface area contributed by atoms with Gasteiger partial charge in [-0.15, -0.1) is 4.83 Å². The van der Waals surface area contributed by atoms with Gasteiger partial charge in [-0.1, -0.05) is 6.07 Å². The fourth-order valence-electron chi connectivity index (χ4n) is 2.00. The summed E-state index contributed by atoms with van der Waals surface area (Å²) in [4.78, 5) is 13.5. The normalized spacial score (nSPS) is 11.1. The molecule has 128 valence electrons. The molecule has 0 spiro atoms. The molecule has 24 heavy (non-hydrogen) atoms. The van der Waals surface area contributed by atoms with E-state index in [1.54, 1.807) is 12.1 Å². The maximum Gasteiger partial charge on any atom is 0.272 e. The van der Waals surface area contributed by atoms with E-state index in [2.05, 4.69) is 0 Å². The summed E-state index contributed by atoms with van der Waals surface area (Å²) in [6, 6.07) is 9.71. The molecule has 2 N–H and O–H groups in total. The molecule has 8 heteroatoms. The molecule has 0 aliphatic heterocycles. The Hall–Kier alpha value is -2.45. The summed E-state index contributed by atoms with van der Waals surface area (Å²) in [5.41, 5.74) is 4.02. The number of benzene rings is 2. The van der Waals surface area contributed by atoms with Crippen LogP contribution in [0.1, 0.15) is 11.1 Å². The SMILES string of the molecule is Cc1cc(C)cc(OCC(=O)NNS(=O)(=O)c2ccc(F)cc2)c1. The van der Waals surface area contributed by atoms with Crippen molar-refractivity contribution in [1.82, 2.24) is 10.3 Å². The summed E-state index contributed by atoms with van der Waals surface area (Å²) in [7, 11) is -3.97. The monoisotopic (exact) mass is 352 g/mol. The van der Waals surface area contributed by atoms with Crippen molar-refractivity contribution in [3.63, 3.8) is 0 Å². The number of nitrogens with one attached hydrogen (secondary N) is 2. The van der Waals surface area contributed by atoms with Crippen molar-refractivity contribution in [3.05, 3.63) is 59.4 Å². The molecule has 6 nitrogen and oxygen atoms in total. The summed E-state index contributed by atoms with van der Waals surface area (Å²) in [6.07, 6.45) is 0. The van der Waals surface area contributed by atoms with E-state index in [0.29, 0.717) is 5.75 Å². The maximum absolute atomic E-state index is 12.8. The summed E-state index contributed by atoms with van der Waals surface area (Å²) < 4.78 is 42.0. The highest BCUT2D eigenvalue weighted by molar-refractivity contribution is 7.89. The zero-order valence-electron chi connectivity index (χ0n) is 13.2. The van der Waals surface area contributed by atoms with Crippen LogP contribution in [0.3, 0.4) is 0 Å². The lowest BCUT2D eigenvalue weighted by atomic mass is 10.1. The molecule has 0 bridgehead atoms. The Morgan fingerprint density at radius 3 is 2.25 bits per heavy atom. The third-order valence-corrected chi connectivity index (χ3v) is 4.28. The summed E-state index contributed by atoms with van der Waals surface area (Å²) in [6.45, 7) is 3.45. The maximum atomic E-state index is 12.8. The first-order chi connectivity index (χ1) is 11.3. The van der Waals surface area contributed by atoms with Gasteiger partial charge in [-0.3, -0.25) is 10.2 Å². The number of hydrazine groups is 1. The molecule has 0 saturated heterocycles. The van der Waals surface area contributed by atoms with Crippen LogP contribution in [0.5, 0.6) is 5.75 Å². The minimum atomic E-state index is -3.97. The van der Waals surface area contributed by atoms with Crippen molar-refractivity contribution in [2.45, 2.75) is 18.7 Å². The number of ether oxygens (including phenoxy) is 1. The molecule has 0 saturated carbocycles. The largest absolute Gasteiger partial charge is 0.484 e. The van der Waals surface area contributed by atoms with Crippen molar-refractivity contribution in [2.75, 3.05) is 6.61 Å². The van der Waals surface area contributed by atoms with Gasteiger partial charge in [0.1, 0.15) is 11.6 Å². The standard InChI is InChI=1S/C16H17FN2O4S/c1-11-7-12(2)9-14(8-11)23-10-16(20)18-19-24(21,22)15-5-3-13(17)4-6-15/h3-9,19H,10H2,1-2H3,(H,18,20). The zero-order valence-corrected chi connectivity index (χ0v) is 14.0. The molecule has 0 aliphatic rings. The van der Waals surface area contributed by atoms with Crippen molar-refractivity contribution in [1.29, 1.82) is 0 Å². The number of hydrogen-bond acceptors (Lipinski definition) is 4. The van der Waals surface area contributed by atoms with E-state index in [4.69, 9.17) is 4.74 Å². The molecule has 2 aromatic carbocycles. The Labute approximate surface area is 139 Å². The Balaban J connectivity index is 1.89. The highest BCUT2D eigenvalue weighted by Gasteiger charge is 2.15. The van der Waals surface area contributed by atoms with Crippen LogP contribution in [0.25, 0.3) is 0 Å². The van der Waals surface area contributed by atoms with Gasteiger partial charge < -0.3 is 4.74 Å². The number of hydrogen-bond donors (Lipinski definition) is 2. The van der Waals surface area contributed by atoms with E-state index in [-0.39, 0.29) is 11.5 Å². The van der Waals surface area contributed by atoms with Crippen molar-refractivity contribution < 1.29 is 22.3 Å². The second-order valence-electron chi connectivity index (χ2n) is 5.22. The first kappa shape index (κ1) is 17.9. The number of amides is 1. The fourth-order valence-corrected chi connectivity index (χ4v) is 2.86. The van der Waals surface area contributed by atoms with E-state index in [1.165, 1.54) is 0 Å². The van der Waals surface area contributed by atoms with Gasteiger partial charge in [0.05, 0.1) is 4.90 Å². The van der Waals surface area contributed by atoms with Crippen molar-refractivity contribution in [3.8, 4) is 5.75 Å². The van der Waals surface area contributed by atoms with Crippen molar-refractivity contribution in [2.24, 2.45) is 0 Å². The van der Waals surface area contributed by atoms with Crippen LogP contribution >= 0.6 is 0 Å². The fraction of sp³-hybridized carbons (Fsp3) is 0.188.